The Morgan fingerprint density at radius 3 is 1.90 bits per heavy atom. The highest BCUT2D eigenvalue weighted by Gasteiger charge is 2.30. The van der Waals surface area contributed by atoms with Gasteiger partial charge in [-0.1, -0.05) is 35.4 Å². The first-order chi connectivity index (χ1) is 13.6. The van der Waals surface area contributed by atoms with Gasteiger partial charge in [0.05, 0.1) is 16.5 Å². The lowest BCUT2D eigenvalue weighted by atomic mass is 10.2. The van der Waals surface area contributed by atoms with Crippen LogP contribution in [0, 0.1) is 13.8 Å². The molecule has 3 rings (SSSR count). The van der Waals surface area contributed by atoms with Crippen molar-refractivity contribution in [2.24, 2.45) is 4.40 Å². The van der Waals surface area contributed by atoms with Gasteiger partial charge in [0.1, 0.15) is 5.84 Å². The van der Waals surface area contributed by atoms with Crippen LogP contribution in [0.2, 0.25) is 0 Å². The molecule has 9 heteroatoms. The molecule has 29 heavy (non-hydrogen) atoms. The standard InChI is InChI=1S/C20H25N3O4S2/c1-16-5-9-19(10-6-16)28(24,25)21-18(3)22-13-4-14-23(15-22)29(26,27)20-11-7-17(2)8-12-20/h5-12H,4,13-15H2,1-3H3/b21-18-. The maximum Gasteiger partial charge on any atom is 0.283 e. The molecule has 1 fully saturated rings. The summed E-state index contributed by atoms with van der Waals surface area (Å²) in [6.45, 7) is 6.35. The molecule has 0 spiro atoms. The van der Waals surface area contributed by atoms with Crippen molar-refractivity contribution in [1.82, 2.24) is 9.21 Å². The average molecular weight is 436 g/mol. The minimum absolute atomic E-state index is 0.0644. The quantitative estimate of drug-likeness (QED) is 0.544. The van der Waals surface area contributed by atoms with E-state index < -0.39 is 20.0 Å². The van der Waals surface area contributed by atoms with E-state index in [0.29, 0.717) is 19.5 Å². The third kappa shape index (κ3) is 4.85. The Morgan fingerprint density at radius 2 is 1.34 bits per heavy atom. The highest BCUT2D eigenvalue weighted by molar-refractivity contribution is 7.90. The van der Waals surface area contributed by atoms with Gasteiger partial charge in [-0.2, -0.15) is 12.7 Å². The lowest BCUT2D eigenvalue weighted by molar-refractivity contribution is 0.222. The molecule has 0 radical (unpaired) electrons. The molecule has 7 nitrogen and oxygen atoms in total. The van der Waals surface area contributed by atoms with Crippen LogP contribution >= 0.6 is 0 Å². The Bertz CT molecular complexity index is 1110. The van der Waals surface area contributed by atoms with Gasteiger partial charge in [-0.3, -0.25) is 0 Å². The van der Waals surface area contributed by atoms with Gasteiger partial charge >= 0.3 is 0 Å². The number of aryl methyl sites for hydroxylation is 2. The summed E-state index contributed by atoms with van der Waals surface area (Å²) in [6, 6.07) is 13.2. The molecule has 1 saturated heterocycles. The van der Waals surface area contributed by atoms with Crippen LogP contribution in [0.15, 0.2) is 62.7 Å². The average Bonchev–Trinajstić information content (AvgIpc) is 2.68. The van der Waals surface area contributed by atoms with Gasteiger partial charge in [0.15, 0.2) is 0 Å². The molecule has 0 aliphatic carbocycles. The van der Waals surface area contributed by atoms with Gasteiger partial charge in [0.2, 0.25) is 10.0 Å². The topological polar surface area (TPSA) is 87.1 Å². The SMILES string of the molecule is C/C(=N/S(=O)(=O)c1ccc(C)cc1)N1CCCN(S(=O)(=O)c2ccc(C)cc2)C1. The van der Waals surface area contributed by atoms with Crippen LogP contribution in [0.5, 0.6) is 0 Å². The summed E-state index contributed by atoms with van der Waals surface area (Å²) < 4.78 is 56.3. The van der Waals surface area contributed by atoms with Crippen molar-refractivity contribution >= 4 is 25.9 Å². The van der Waals surface area contributed by atoms with Crippen molar-refractivity contribution < 1.29 is 16.8 Å². The van der Waals surface area contributed by atoms with E-state index in [9.17, 15) is 16.8 Å². The molecule has 0 atom stereocenters. The Balaban J connectivity index is 1.81. The number of amidine groups is 1. The van der Waals surface area contributed by atoms with E-state index in [1.165, 1.54) is 16.4 Å². The van der Waals surface area contributed by atoms with Crippen molar-refractivity contribution in [2.75, 3.05) is 19.8 Å². The molecular formula is C20H25N3O4S2. The van der Waals surface area contributed by atoms with E-state index in [-0.39, 0.29) is 22.3 Å². The highest BCUT2D eigenvalue weighted by Crippen LogP contribution is 2.21. The molecule has 2 aromatic rings. The zero-order valence-corrected chi connectivity index (χ0v) is 18.4. The third-order valence-electron chi connectivity index (χ3n) is 4.85. The van der Waals surface area contributed by atoms with Gasteiger partial charge in [-0.05, 0) is 51.5 Å². The van der Waals surface area contributed by atoms with Gasteiger partial charge in [0, 0.05) is 13.1 Å². The number of benzene rings is 2. The lowest BCUT2D eigenvalue weighted by Gasteiger charge is -2.35. The van der Waals surface area contributed by atoms with Crippen LogP contribution < -0.4 is 0 Å². The maximum atomic E-state index is 12.9. The molecule has 0 aromatic heterocycles. The van der Waals surface area contributed by atoms with E-state index in [0.717, 1.165) is 11.1 Å². The predicted octanol–water partition coefficient (Wildman–Crippen LogP) is 2.76. The zero-order valence-electron chi connectivity index (χ0n) is 16.7. The van der Waals surface area contributed by atoms with E-state index in [1.54, 1.807) is 48.2 Å². The molecule has 0 saturated carbocycles. The van der Waals surface area contributed by atoms with Crippen LogP contribution in [0.25, 0.3) is 0 Å². The van der Waals surface area contributed by atoms with Crippen LogP contribution in [0.4, 0.5) is 0 Å². The van der Waals surface area contributed by atoms with Crippen LogP contribution in [0.3, 0.4) is 0 Å². The second kappa shape index (κ2) is 8.25. The Kier molecular flexibility index (Phi) is 6.11. The zero-order chi connectivity index (χ0) is 21.2. The van der Waals surface area contributed by atoms with E-state index in [1.807, 2.05) is 13.8 Å². The van der Waals surface area contributed by atoms with E-state index in [4.69, 9.17) is 0 Å². The predicted molar refractivity (Wildman–Crippen MR) is 113 cm³/mol. The first-order valence-electron chi connectivity index (χ1n) is 9.29. The largest absolute Gasteiger partial charge is 0.346 e. The van der Waals surface area contributed by atoms with E-state index >= 15 is 0 Å². The second-order valence-corrected chi connectivity index (χ2v) is 10.7. The van der Waals surface area contributed by atoms with Gasteiger partial charge in [0.25, 0.3) is 10.0 Å². The molecule has 1 aliphatic rings. The smallest absolute Gasteiger partial charge is 0.283 e. The first kappa shape index (κ1) is 21.5. The van der Waals surface area contributed by atoms with Crippen LogP contribution in [-0.2, 0) is 20.0 Å². The monoisotopic (exact) mass is 435 g/mol. The summed E-state index contributed by atoms with van der Waals surface area (Å²) in [5.41, 5.74) is 1.94. The number of rotatable bonds is 4. The number of hydrogen-bond donors (Lipinski definition) is 0. The van der Waals surface area contributed by atoms with Crippen molar-refractivity contribution in [2.45, 2.75) is 37.0 Å². The molecule has 1 aliphatic heterocycles. The van der Waals surface area contributed by atoms with Crippen LogP contribution in [-0.4, -0.2) is 51.6 Å². The summed E-state index contributed by atoms with van der Waals surface area (Å²) in [4.78, 5) is 2.02. The number of hydrogen-bond acceptors (Lipinski definition) is 4. The molecule has 0 unspecified atom stereocenters. The first-order valence-corrected chi connectivity index (χ1v) is 12.2. The Morgan fingerprint density at radius 1 is 0.828 bits per heavy atom. The molecule has 2 aromatic carbocycles. The Labute approximate surface area is 172 Å². The van der Waals surface area contributed by atoms with Crippen molar-refractivity contribution in [1.29, 1.82) is 0 Å². The van der Waals surface area contributed by atoms with Crippen molar-refractivity contribution in [3.8, 4) is 0 Å². The van der Waals surface area contributed by atoms with Crippen molar-refractivity contribution in [3.63, 3.8) is 0 Å². The minimum atomic E-state index is -3.86. The molecule has 0 N–H and O–H groups in total. The molecule has 0 amide bonds. The van der Waals surface area contributed by atoms with Gasteiger partial charge in [-0.25, -0.2) is 8.42 Å². The summed E-state index contributed by atoms with van der Waals surface area (Å²) in [6.07, 6.45) is 0.586. The fraction of sp³-hybridized carbons (Fsp3) is 0.350. The second-order valence-electron chi connectivity index (χ2n) is 7.18. The summed E-state index contributed by atoms with van der Waals surface area (Å²) in [5.74, 6) is 0.273. The molecular weight excluding hydrogens is 410 g/mol. The number of nitrogens with zero attached hydrogens (tertiary/aromatic N) is 3. The Hall–Kier alpha value is -2.23. The van der Waals surface area contributed by atoms with Gasteiger partial charge in [-0.15, -0.1) is 4.40 Å². The molecule has 156 valence electrons. The fourth-order valence-corrected chi connectivity index (χ4v) is 5.57. The van der Waals surface area contributed by atoms with Crippen LogP contribution in [0.1, 0.15) is 24.5 Å². The van der Waals surface area contributed by atoms with Gasteiger partial charge < -0.3 is 4.90 Å². The normalized spacial score (nSPS) is 16.8. The minimum Gasteiger partial charge on any atom is -0.346 e. The fourth-order valence-electron chi connectivity index (χ4n) is 3.08. The third-order valence-corrected chi connectivity index (χ3v) is 8.07. The van der Waals surface area contributed by atoms with E-state index in [2.05, 4.69) is 4.40 Å². The molecule has 1 heterocycles. The maximum absolute atomic E-state index is 12.9. The highest BCUT2D eigenvalue weighted by atomic mass is 32.2. The lowest BCUT2D eigenvalue weighted by Crippen LogP contribution is -2.49. The summed E-state index contributed by atoms with van der Waals surface area (Å²) in [5, 5.41) is 0. The summed E-state index contributed by atoms with van der Waals surface area (Å²) >= 11 is 0. The molecule has 0 bridgehead atoms. The summed E-state index contributed by atoms with van der Waals surface area (Å²) in [7, 11) is -7.52. The van der Waals surface area contributed by atoms with Crippen molar-refractivity contribution in [3.05, 3.63) is 59.7 Å². The number of sulfonamides is 2.